The smallest absolute Gasteiger partial charge is 0.255 e. The highest BCUT2D eigenvalue weighted by Gasteiger charge is 2.36. The van der Waals surface area contributed by atoms with Crippen LogP contribution in [-0.2, 0) is 6.42 Å². The molecule has 2 heterocycles. The first kappa shape index (κ1) is 13.1. The van der Waals surface area contributed by atoms with Crippen LogP contribution in [0.15, 0.2) is 29.8 Å². The molecule has 1 aliphatic heterocycles. The van der Waals surface area contributed by atoms with E-state index in [1.165, 1.54) is 0 Å². The van der Waals surface area contributed by atoms with Gasteiger partial charge in [-0.3, -0.25) is 4.79 Å². The first-order valence-corrected chi connectivity index (χ1v) is 7.35. The summed E-state index contributed by atoms with van der Waals surface area (Å²) in [7, 11) is 0. The molecule has 0 saturated heterocycles. The van der Waals surface area contributed by atoms with Gasteiger partial charge < -0.3 is 4.90 Å². The fraction of sp³-hybridized carbons (Fsp3) is 0.214. The third kappa shape index (κ3) is 2.17. The molecule has 3 rings (SSSR count). The van der Waals surface area contributed by atoms with Crippen LogP contribution in [0.4, 0.5) is 0 Å². The molecule has 0 fully saturated rings. The van der Waals surface area contributed by atoms with E-state index in [9.17, 15) is 10.1 Å². The standard InChI is InChI=1S/C14H10ClN3OS/c15-9-1-2-10-11(7-9)12(8-16)18(14(10)19)5-3-13-17-4-6-20-13/h1-2,4,6-7,12H,3,5H2. The first-order valence-electron chi connectivity index (χ1n) is 6.09. The van der Waals surface area contributed by atoms with Crippen molar-refractivity contribution in [3.63, 3.8) is 0 Å². The number of hydrogen-bond donors (Lipinski definition) is 0. The molecule has 2 aromatic rings. The molecular weight excluding hydrogens is 294 g/mol. The Kier molecular flexibility index (Phi) is 3.43. The number of nitriles is 1. The summed E-state index contributed by atoms with van der Waals surface area (Å²) in [5.74, 6) is -0.111. The fourth-order valence-electron chi connectivity index (χ4n) is 2.36. The zero-order valence-electron chi connectivity index (χ0n) is 10.4. The SMILES string of the molecule is N#CC1c2cc(Cl)ccc2C(=O)N1CCc1nccs1. The first-order chi connectivity index (χ1) is 9.70. The summed E-state index contributed by atoms with van der Waals surface area (Å²) in [6.45, 7) is 0.483. The number of rotatable bonds is 3. The average Bonchev–Trinajstić information content (AvgIpc) is 3.03. The average molecular weight is 304 g/mol. The monoisotopic (exact) mass is 303 g/mol. The summed E-state index contributed by atoms with van der Waals surface area (Å²) in [5, 5.41) is 12.8. The predicted molar refractivity (Wildman–Crippen MR) is 76.7 cm³/mol. The maximum atomic E-state index is 12.4. The van der Waals surface area contributed by atoms with Gasteiger partial charge in [0, 0.05) is 40.7 Å². The molecule has 100 valence electrons. The Bertz CT molecular complexity index is 693. The van der Waals surface area contributed by atoms with Gasteiger partial charge in [0.15, 0.2) is 0 Å². The summed E-state index contributed by atoms with van der Waals surface area (Å²) < 4.78 is 0. The Balaban J connectivity index is 1.86. The molecule has 1 atom stereocenters. The minimum atomic E-state index is -0.559. The zero-order chi connectivity index (χ0) is 14.1. The van der Waals surface area contributed by atoms with Crippen molar-refractivity contribution in [2.75, 3.05) is 6.54 Å². The third-order valence-corrected chi connectivity index (χ3v) is 4.36. The van der Waals surface area contributed by atoms with E-state index in [4.69, 9.17) is 11.6 Å². The number of aromatic nitrogens is 1. The van der Waals surface area contributed by atoms with Crippen molar-refractivity contribution >= 4 is 28.8 Å². The van der Waals surface area contributed by atoms with E-state index >= 15 is 0 Å². The van der Waals surface area contributed by atoms with Crippen LogP contribution in [0.3, 0.4) is 0 Å². The molecule has 20 heavy (non-hydrogen) atoms. The van der Waals surface area contributed by atoms with Crippen LogP contribution in [-0.4, -0.2) is 22.3 Å². The van der Waals surface area contributed by atoms with Crippen molar-refractivity contribution in [1.29, 1.82) is 5.26 Å². The molecule has 0 aliphatic carbocycles. The van der Waals surface area contributed by atoms with Crippen molar-refractivity contribution < 1.29 is 4.79 Å². The minimum absolute atomic E-state index is 0.111. The number of carbonyl (C=O) groups is 1. The normalized spacial score (nSPS) is 17.1. The van der Waals surface area contributed by atoms with Crippen LogP contribution in [0.1, 0.15) is 27.0 Å². The van der Waals surface area contributed by atoms with Crippen LogP contribution in [0.25, 0.3) is 0 Å². The molecule has 6 heteroatoms. The summed E-state index contributed by atoms with van der Waals surface area (Å²) in [6.07, 6.45) is 2.39. The fourth-order valence-corrected chi connectivity index (χ4v) is 3.15. The quantitative estimate of drug-likeness (QED) is 0.875. The number of amides is 1. The number of carbonyl (C=O) groups excluding carboxylic acids is 1. The van der Waals surface area contributed by atoms with E-state index in [0.717, 1.165) is 5.01 Å². The molecule has 4 nitrogen and oxygen atoms in total. The Morgan fingerprint density at radius 2 is 2.35 bits per heavy atom. The molecule has 0 radical (unpaired) electrons. The number of fused-ring (bicyclic) bond motifs is 1. The van der Waals surface area contributed by atoms with Gasteiger partial charge in [-0.25, -0.2) is 4.98 Å². The molecule has 1 aromatic carbocycles. The van der Waals surface area contributed by atoms with E-state index < -0.39 is 6.04 Å². The number of benzene rings is 1. The second kappa shape index (κ2) is 5.23. The Morgan fingerprint density at radius 1 is 1.50 bits per heavy atom. The molecule has 1 aliphatic rings. The van der Waals surface area contributed by atoms with Gasteiger partial charge >= 0.3 is 0 Å². The molecule has 0 bridgehead atoms. The topological polar surface area (TPSA) is 57.0 Å². The number of thiazole rings is 1. The van der Waals surface area contributed by atoms with Gasteiger partial charge in [-0.05, 0) is 18.2 Å². The lowest BCUT2D eigenvalue weighted by molar-refractivity contribution is 0.0759. The second-order valence-corrected chi connectivity index (χ2v) is 5.85. The highest BCUT2D eigenvalue weighted by atomic mass is 35.5. The molecular formula is C14H10ClN3OS. The number of nitrogens with zero attached hydrogens (tertiary/aromatic N) is 3. The highest BCUT2D eigenvalue weighted by Crippen LogP contribution is 2.34. The maximum absolute atomic E-state index is 12.4. The van der Waals surface area contributed by atoms with Gasteiger partial charge in [0.2, 0.25) is 0 Å². The Labute approximate surface area is 125 Å². The van der Waals surface area contributed by atoms with Crippen LogP contribution >= 0.6 is 22.9 Å². The Morgan fingerprint density at radius 3 is 3.05 bits per heavy atom. The lowest BCUT2D eigenvalue weighted by Crippen LogP contribution is -2.29. The lowest BCUT2D eigenvalue weighted by Gasteiger charge is -2.19. The van der Waals surface area contributed by atoms with Crippen LogP contribution in [0.5, 0.6) is 0 Å². The van der Waals surface area contributed by atoms with E-state index in [2.05, 4.69) is 11.1 Å². The van der Waals surface area contributed by atoms with Crippen molar-refractivity contribution in [3.05, 3.63) is 50.9 Å². The minimum Gasteiger partial charge on any atom is -0.318 e. The van der Waals surface area contributed by atoms with Crippen LogP contribution in [0, 0.1) is 11.3 Å². The summed E-state index contributed by atoms with van der Waals surface area (Å²) >= 11 is 7.50. The van der Waals surface area contributed by atoms with Gasteiger partial charge in [-0.2, -0.15) is 5.26 Å². The van der Waals surface area contributed by atoms with E-state index in [0.29, 0.717) is 29.1 Å². The van der Waals surface area contributed by atoms with Crippen molar-refractivity contribution in [2.24, 2.45) is 0 Å². The number of halogens is 1. The third-order valence-electron chi connectivity index (χ3n) is 3.28. The van der Waals surface area contributed by atoms with Crippen molar-refractivity contribution in [1.82, 2.24) is 9.88 Å². The molecule has 0 spiro atoms. The highest BCUT2D eigenvalue weighted by molar-refractivity contribution is 7.09. The summed E-state index contributed by atoms with van der Waals surface area (Å²) in [4.78, 5) is 18.1. The molecule has 0 N–H and O–H groups in total. The molecule has 1 amide bonds. The van der Waals surface area contributed by atoms with E-state index in [1.807, 2.05) is 5.38 Å². The van der Waals surface area contributed by atoms with Gasteiger partial charge in [0.25, 0.3) is 5.91 Å². The predicted octanol–water partition coefficient (Wildman–Crippen LogP) is 3.06. The zero-order valence-corrected chi connectivity index (χ0v) is 12.0. The second-order valence-electron chi connectivity index (χ2n) is 4.44. The van der Waals surface area contributed by atoms with Crippen LogP contribution in [0.2, 0.25) is 5.02 Å². The van der Waals surface area contributed by atoms with Crippen molar-refractivity contribution in [2.45, 2.75) is 12.5 Å². The molecule has 1 unspecified atom stereocenters. The lowest BCUT2D eigenvalue weighted by atomic mass is 10.1. The summed E-state index contributed by atoms with van der Waals surface area (Å²) in [5.41, 5.74) is 1.27. The largest absolute Gasteiger partial charge is 0.318 e. The van der Waals surface area contributed by atoms with Gasteiger partial charge in [-0.1, -0.05) is 11.6 Å². The Hall–Kier alpha value is -1.90. The molecule has 0 saturated carbocycles. The van der Waals surface area contributed by atoms with Gasteiger partial charge in [0.05, 0.1) is 11.1 Å². The van der Waals surface area contributed by atoms with Gasteiger partial charge in [0.1, 0.15) is 6.04 Å². The number of hydrogen-bond acceptors (Lipinski definition) is 4. The molecule has 1 aromatic heterocycles. The van der Waals surface area contributed by atoms with Crippen LogP contribution < -0.4 is 0 Å². The van der Waals surface area contributed by atoms with Gasteiger partial charge in [-0.15, -0.1) is 11.3 Å². The maximum Gasteiger partial charge on any atom is 0.255 e. The summed E-state index contributed by atoms with van der Waals surface area (Å²) in [6, 6.07) is 6.69. The van der Waals surface area contributed by atoms with E-state index in [-0.39, 0.29) is 5.91 Å². The van der Waals surface area contributed by atoms with Crippen molar-refractivity contribution in [3.8, 4) is 6.07 Å². The van der Waals surface area contributed by atoms with E-state index in [1.54, 1.807) is 40.6 Å².